The number of nitrogens with zero attached hydrogens (tertiary/aromatic N) is 1. The molecule has 102 valence electrons. The fourth-order valence-electron chi connectivity index (χ4n) is 2.00. The Balaban J connectivity index is 1.88. The molecule has 0 heterocycles. The molecule has 0 bridgehead atoms. The zero-order chi connectivity index (χ0) is 13.7. The lowest BCUT2D eigenvalue weighted by molar-refractivity contribution is -0.736. The maximum absolute atomic E-state index is 11.5. The summed E-state index contributed by atoms with van der Waals surface area (Å²) in [7, 11) is 1.27. The van der Waals surface area contributed by atoms with Crippen LogP contribution < -0.4 is 4.74 Å². The number of hydrogen-bond donors (Lipinski definition) is 0. The van der Waals surface area contributed by atoms with E-state index in [1.54, 1.807) is 0 Å². The van der Waals surface area contributed by atoms with Crippen molar-refractivity contribution in [3.63, 3.8) is 0 Å². The lowest BCUT2D eigenvalue weighted by Gasteiger charge is -2.10. The highest BCUT2D eigenvalue weighted by Crippen LogP contribution is 2.22. The number of carbonyl (C=O) groups is 1. The third kappa shape index (κ3) is 3.67. The lowest BCUT2D eigenvalue weighted by atomic mass is 10.3. The molecule has 0 saturated heterocycles. The molecule has 1 aliphatic rings. The Bertz CT molecular complexity index is 451. The van der Waals surface area contributed by atoms with Crippen LogP contribution >= 0.6 is 0 Å². The molecular formula is C13H16NO5+. The smallest absolute Gasteiger partial charge is 0.431 e. The first-order chi connectivity index (χ1) is 9.19. The summed E-state index contributed by atoms with van der Waals surface area (Å²) in [6.45, 7) is 0. The molecule has 0 aromatic heterocycles. The molecule has 19 heavy (non-hydrogen) atoms. The van der Waals surface area contributed by atoms with Crippen LogP contribution in [-0.4, -0.2) is 24.3 Å². The summed E-state index contributed by atoms with van der Waals surface area (Å²) >= 11 is 0. The second-order valence-electron chi connectivity index (χ2n) is 4.31. The Morgan fingerprint density at radius 2 is 1.84 bits per heavy atom. The van der Waals surface area contributed by atoms with E-state index < -0.39 is 6.16 Å². The highest BCUT2D eigenvalue weighted by molar-refractivity contribution is 5.64. The molecule has 2 rings (SSSR count). The van der Waals surface area contributed by atoms with E-state index in [1.807, 2.05) is 0 Å². The molecule has 6 nitrogen and oxygen atoms in total. The zero-order valence-electron chi connectivity index (χ0n) is 10.7. The molecule has 1 aromatic rings. The summed E-state index contributed by atoms with van der Waals surface area (Å²) < 4.78 is 10.2. The largest absolute Gasteiger partial charge is 0.514 e. The van der Waals surface area contributed by atoms with E-state index in [9.17, 15) is 9.70 Å². The fourth-order valence-corrected chi connectivity index (χ4v) is 2.00. The summed E-state index contributed by atoms with van der Waals surface area (Å²) in [6, 6.07) is 6.01. The quantitative estimate of drug-likeness (QED) is 0.476. The number of ether oxygens (including phenoxy) is 2. The van der Waals surface area contributed by atoms with Gasteiger partial charge in [0.05, 0.1) is 4.91 Å². The first-order valence-corrected chi connectivity index (χ1v) is 6.19. The Kier molecular flexibility index (Phi) is 4.33. The van der Waals surface area contributed by atoms with Gasteiger partial charge in [-0.2, -0.15) is 0 Å². The van der Waals surface area contributed by atoms with Crippen molar-refractivity contribution in [3.8, 4) is 5.75 Å². The summed E-state index contributed by atoms with van der Waals surface area (Å²) in [5.74, 6) is 0.330. The first kappa shape index (κ1) is 13.3. The zero-order valence-corrected chi connectivity index (χ0v) is 10.7. The van der Waals surface area contributed by atoms with E-state index in [2.05, 4.69) is 4.84 Å². The molecule has 0 radical (unpaired) electrons. The van der Waals surface area contributed by atoms with E-state index in [-0.39, 0.29) is 6.10 Å². The second kappa shape index (κ2) is 6.17. The summed E-state index contributed by atoms with van der Waals surface area (Å²) in [5.41, 5.74) is 0.319. The molecule has 6 heteroatoms. The van der Waals surface area contributed by atoms with Gasteiger partial charge < -0.3 is 9.47 Å². The van der Waals surface area contributed by atoms with Gasteiger partial charge in [0.15, 0.2) is 7.11 Å². The van der Waals surface area contributed by atoms with Crippen LogP contribution in [-0.2, 0) is 9.57 Å². The van der Waals surface area contributed by atoms with Gasteiger partial charge >= 0.3 is 11.8 Å². The van der Waals surface area contributed by atoms with E-state index in [4.69, 9.17) is 9.47 Å². The maximum atomic E-state index is 11.5. The number of carbonyl (C=O) groups excluding carboxylic acids is 1. The van der Waals surface area contributed by atoms with Crippen LogP contribution in [0.15, 0.2) is 24.3 Å². The van der Waals surface area contributed by atoms with Crippen molar-refractivity contribution in [3.05, 3.63) is 29.2 Å². The van der Waals surface area contributed by atoms with Crippen LogP contribution in [0.5, 0.6) is 5.75 Å². The van der Waals surface area contributed by atoms with Crippen molar-refractivity contribution in [1.29, 1.82) is 0 Å². The molecule has 0 unspecified atom stereocenters. The normalized spacial score (nSPS) is 15.0. The third-order valence-corrected chi connectivity index (χ3v) is 2.98. The maximum Gasteiger partial charge on any atom is 0.514 e. The van der Waals surface area contributed by atoms with Crippen LogP contribution in [0.2, 0.25) is 0 Å². The average molecular weight is 266 g/mol. The second-order valence-corrected chi connectivity index (χ2v) is 4.31. The van der Waals surface area contributed by atoms with Gasteiger partial charge in [0.2, 0.25) is 0 Å². The Labute approximate surface area is 110 Å². The molecule has 1 aromatic carbocycles. The van der Waals surface area contributed by atoms with Crippen LogP contribution in [0.25, 0.3) is 0 Å². The van der Waals surface area contributed by atoms with Crippen molar-refractivity contribution < 1.29 is 24.0 Å². The minimum absolute atomic E-state index is 0.0302. The number of rotatable bonds is 4. The van der Waals surface area contributed by atoms with Crippen LogP contribution in [0.1, 0.15) is 25.7 Å². The van der Waals surface area contributed by atoms with E-state index >= 15 is 0 Å². The van der Waals surface area contributed by atoms with Gasteiger partial charge in [0.25, 0.3) is 4.92 Å². The predicted molar refractivity (Wildman–Crippen MR) is 66.1 cm³/mol. The van der Waals surface area contributed by atoms with Gasteiger partial charge in [0, 0.05) is 12.1 Å². The molecule has 0 N–H and O–H groups in total. The van der Waals surface area contributed by atoms with Gasteiger partial charge in [-0.05, 0) is 37.8 Å². The van der Waals surface area contributed by atoms with Crippen LogP contribution in [0.4, 0.5) is 10.5 Å². The van der Waals surface area contributed by atoms with Crippen molar-refractivity contribution >= 4 is 11.8 Å². The minimum Gasteiger partial charge on any atom is -0.431 e. The standard InChI is InChI=1S/C13H16NO5/c1-17-14(16)10-6-8-12(9-7-10)19-13(15)18-11-4-2-3-5-11/h6-9,11H,2-5H2,1H3/q+1. The van der Waals surface area contributed by atoms with E-state index in [1.165, 1.54) is 31.4 Å². The van der Waals surface area contributed by atoms with Gasteiger partial charge in [-0.25, -0.2) is 9.63 Å². The van der Waals surface area contributed by atoms with E-state index in [0.717, 1.165) is 25.7 Å². The lowest BCUT2D eigenvalue weighted by Crippen LogP contribution is -2.18. The minimum atomic E-state index is -0.703. The van der Waals surface area contributed by atoms with Gasteiger partial charge in [-0.1, -0.05) is 0 Å². The molecule has 1 aliphatic carbocycles. The van der Waals surface area contributed by atoms with Crippen LogP contribution in [0, 0.1) is 4.91 Å². The van der Waals surface area contributed by atoms with Crippen molar-refractivity contribution in [1.82, 2.24) is 0 Å². The van der Waals surface area contributed by atoms with Crippen molar-refractivity contribution in [2.24, 2.45) is 0 Å². The highest BCUT2D eigenvalue weighted by Gasteiger charge is 2.21. The van der Waals surface area contributed by atoms with Crippen LogP contribution in [0.3, 0.4) is 0 Å². The predicted octanol–water partition coefficient (Wildman–Crippen LogP) is 3.12. The summed E-state index contributed by atoms with van der Waals surface area (Å²) in [5, 5.41) is 0. The summed E-state index contributed by atoms with van der Waals surface area (Å²) in [4.78, 5) is 27.5. The number of hydrogen-bond acceptors (Lipinski definition) is 5. The van der Waals surface area contributed by atoms with Gasteiger partial charge in [-0.15, -0.1) is 0 Å². The molecule has 0 atom stereocenters. The molecule has 1 fully saturated rings. The monoisotopic (exact) mass is 266 g/mol. The fraction of sp³-hybridized carbons (Fsp3) is 0.462. The average Bonchev–Trinajstić information content (AvgIpc) is 2.91. The molecule has 0 aliphatic heterocycles. The summed E-state index contributed by atoms with van der Waals surface area (Å²) in [6.07, 6.45) is 3.23. The third-order valence-electron chi connectivity index (χ3n) is 2.98. The van der Waals surface area contributed by atoms with Gasteiger partial charge in [0.1, 0.15) is 11.9 Å². The Morgan fingerprint density at radius 3 is 2.42 bits per heavy atom. The molecule has 1 saturated carbocycles. The number of benzene rings is 1. The molecule has 0 spiro atoms. The molecule has 0 amide bonds. The SMILES string of the molecule is CO[N+](=O)c1ccc(OC(=O)OC2CCCC2)cc1. The Hall–Kier alpha value is -2.11. The molecular weight excluding hydrogens is 250 g/mol. The van der Waals surface area contributed by atoms with Gasteiger partial charge in [-0.3, -0.25) is 0 Å². The topological polar surface area (TPSA) is 64.8 Å². The highest BCUT2D eigenvalue weighted by atomic mass is 16.8. The van der Waals surface area contributed by atoms with Crippen molar-refractivity contribution in [2.75, 3.05) is 7.11 Å². The Morgan fingerprint density at radius 1 is 1.21 bits per heavy atom. The van der Waals surface area contributed by atoms with E-state index in [0.29, 0.717) is 16.4 Å². The first-order valence-electron chi connectivity index (χ1n) is 6.19. The van der Waals surface area contributed by atoms with Crippen molar-refractivity contribution in [2.45, 2.75) is 31.8 Å².